The minimum Gasteiger partial charge on any atom is -0.311 e. The number of rotatable bonds is 12. The van der Waals surface area contributed by atoms with Crippen molar-refractivity contribution in [3.05, 3.63) is 406 Å². The van der Waals surface area contributed by atoms with Gasteiger partial charge in [-0.2, -0.15) is 0 Å². The van der Waals surface area contributed by atoms with Gasteiger partial charge < -0.3 is 28.4 Å². The van der Waals surface area contributed by atoms with Crippen molar-refractivity contribution in [2.45, 2.75) is 26.2 Å². The zero-order chi connectivity index (χ0) is 75.0. The average molecular weight is 1440 g/mol. The van der Waals surface area contributed by atoms with E-state index in [0.717, 1.165) is 135 Å². The van der Waals surface area contributed by atoms with E-state index in [4.69, 9.17) is 0 Å². The lowest BCUT2D eigenvalue weighted by Crippen LogP contribution is -2.61. The van der Waals surface area contributed by atoms with Crippen LogP contribution in [0.15, 0.2) is 400 Å². The van der Waals surface area contributed by atoms with Crippen molar-refractivity contribution in [1.29, 1.82) is 0 Å². The minimum atomic E-state index is -0.304. The molecular formula is C106H75BN6. The van der Waals surface area contributed by atoms with Gasteiger partial charge in [0.15, 0.2) is 0 Å². The van der Waals surface area contributed by atoms with Crippen molar-refractivity contribution in [1.82, 2.24) is 13.7 Å². The fourth-order valence-electron chi connectivity index (χ4n) is 18.6. The highest BCUT2D eigenvalue weighted by atomic mass is 15.2. The number of benzene rings is 17. The zero-order valence-electron chi connectivity index (χ0n) is 62.9. The Balaban J connectivity index is 0.887. The van der Waals surface area contributed by atoms with E-state index in [2.05, 4.69) is 450 Å². The van der Waals surface area contributed by atoms with Crippen LogP contribution in [0, 0.1) is 0 Å². The Labute approximate surface area is 657 Å². The summed E-state index contributed by atoms with van der Waals surface area (Å²) in [5.41, 5.74) is 33.4. The van der Waals surface area contributed by atoms with Crippen LogP contribution in [0.25, 0.3) is 127 Å². The highest BCUT2D eigenvalue weighted by Crippen LogP contribution is 2.54. The van der Waals surface area contributed by atoms with Gasteiger partial charge in [-0.15, -0.1) is 0 Å². The van der Waals surface area contributed by atoms with E-state index in [0.29, 0.717) is 0 Å². The number of hydrogen-bond donors (Lipinski definition) is 0. The van der Waals surface area contributed by atoms with Crippen molar-refractivity contribution < 1.29 is 0 Å². The van der Waals surface area contributed by atoms with Gasteiger partial charge in [-0.3, -0.25) is 0 Å². The van der Waals surface area contributed by atoms with Crippen molar-refractivity contribution in [2.24, 2.45) is 0 Å². The normalized spacial score (nSPS) is 12.5. The molecule has 0 saturated carbocycles. The van der Waals surface area contributed by atoms with Crippen LogP contribution < -0.4 is 31.1 Å². The lowest BCUT2D eigenvalue weighted by atomic mass is 9.33. The first kappa shape index (κ1) is 65.7. The molecular weight excluding hydrogens is 1370 g/mol. The van der Waals surface area contributed by atoms with Gasteiger partial charge in [-0.1, -0.05) is 282 Å². The van der Waals surface area contributed by atoms with Crippen molar-refractivity contribution >= 4 is 140 Å². The topological polar surface area (TPSA) is 24.5 Å². The first-order valence-electron chi connectivity index (χ1n) is 39.2. The monoisotopic (exact) mass is 1440 g/mol. The maximum atomic E-state index is 2.71. The summed E-state index contributed by atoms with van der Waals surface area (Å²) in [6.07, 6.45) is 0. The second-order valence-electron chi connectivity index (χ2n) is 31.2. The molecule has 0 atom stereocenters. The molecule has 22 rings (SSSR count). The van der Waals surface area contributed by atoms with E-state index in [1.807, 2.05) is 0 Å². The summed E-state index contributed by atoms with van der Waals surface area (Å²) in [5.74, 6) is 0. The van der Waals surface area contributed by atoms with Crippen molar-refractivity contribution in [3.63, 3.8) is 0 Å². The minimum absolute atomic E-state index is 0.223. The quantitative estimate of drug-likeness (QED) is 0.114. The van der Waals surface area contributed by atoms with Gasteiger partial charge in [0.25, 0.3) is 6.71 Å². The second-order valence-corrected chi connectivity index (χ2v) is 31.2. The van der Waals surface area contributed by atoms with E-state index in [-0.39, 0.29) is 12.1 Å². The standard InChI is InChI=1S/C106H75BN6/c1-106(2,3)76-64-90(72-35-13-6-14-36-72)105(91(65-76)73-37-15-7-16-38-73)113-101-67-81(110-96-49-27-21-43-86(96)87-44-22-28-50-97(87)110)58-60-93(101)107-92-59-57-80(108(77-39-17-8-18-40-77)78-53-55-79(56-54-78)109-94-47-25-19-41-84(94)85-42-20-26-48-95(85)109)66-100(92)112(82-62-74(70-31-9-4-10-32-70)61-75(63-82)71-33-11-5-12-34-71)102-68-83(69-103(113)104(102)107)111-98-51-29-23-45-88(98)89-46-24-30-52-99(89)111/h4-69H,1-3H3. The molecule has 7 heteroatoms. The first-order valence-corrected chi connectivity index (χ1v) is 39.2. The van der Waals surface area contributed by atoms with Crippen LogP contribution in [0.3, 0.4) is 0 Å². The molecule has 2 aliphatic heterocycles. The van der Waals surface area contributed by atoms with Crippen LogP contribution in [-0.4, -0.2) is 20.4 Å². The fourth-order valence-corrected chi connectivity index (χ4v) is 18.6. The molecule has 0 saturated heterocycles. The van der Waals surface area contributed by atoms with Crippen LogP contribution in [0.4, 0.5) is 51.2 Å². The number of para-hydroxylation sites is 7. The lowest BCUT2D eigenvalue weighted by molar-refractivity contribution is 0.591. The molecule has 532 valence electrons. The number of hydrogen-bond acceptors (Lipinski definition) is 3. The summed E-state index contributed by atoms with van der Waals surface area (Å²) in [4.78, 5) is 7.81. The Morgan fingerprint density at radius 1 is 0.239 bits per heavy atom. The largest absolute Gasteiger partial charge is 0.311 e. The molecule has 0 N–H and O–H groups in total. The zero-order valence-corrected chi connectivity index (χ0v) is 62.9. The van der Waals surface area contributed by atoms with Crippen LogP contribution in [0.2, 0.25) is 0 Å². The Kier molecular flexibility index (Phi) is 15.2. The number of aromatic nitrogens is 3. The molecule has 17 aromatic carbocycles. The molecule has 2 aliphatic rings. The highest BCUT2D eigenvalue weighted by Gasteiger charge is 2.46. The second kappa shape index (κ2) is 26.2. The Morgan fingerprint density at radius 3 is 1.02 bits per heavy atom. The molecule has 0 radical (unpaired) electrons. The van der Waals surface area contributed by atoms with Crippen molar-refractivity contribution in [2.75, 3.05) is 14.7 Å². The Morgan fingerprint density at radius 2 is 0.575 bits per heavy atom. The van der Waals surface area contributed by atoms with Crippen LogP contribution in [-0.2, 0) is 5.41 Å². The smallest absolute Gasteiger partial charge is 0.252 e. The predicted molar refractivity (Wildman–Crippen MR) is 479 cm³/mol. The van der Waals surface area contributed by atoms with Gasteiger partial charge in [-0.05, 0) is 200 Å². The van der Waals surface area contributed by atoms with Crippen molar-refractivity contribution in [3.8, 4) is 61.6 Å². The summed E-state index contributed by atoms with van der Waals surface area (Å²) in [7, 11) is 0. The van der Waals surface area contributed by atoms with Gasteiger partial charge in [0.05, 0.1) is 44.5 Å². The number of fused-ring (bicyclic) bond motifs is 13. The molecule has 3 aromatic heterocycles. The van der Waals surface area contributed by atoms with E-state index in [1.165, 1.54) is 65.3 Å². The molecule has 0 bridgehead atoms. The third kappa shape index (κ3) is 10.6. The molecule has 0 amide bonds. The third-order valence-electron chi connectivity index (χ3n) is 23.7. The molecule has 0 aliphatic carbocycles. The van der Waals surface area contributed by atoms with Gasteiger partial charge in [-0.25, -0.2) is 0 Å². The number of nitrogens with zero attached hydrogens (tertiary/aromatic N) is 6. The summed E-state index contributed by atoms with van der Waals surface area (Å²) in [6, 6.07) is 150. The van der Waals surface area contributed by atoms with E-state index < -0.39 is 0 Å². The average Bonchev–Trinajstić information content (AvgIpc) is 0.837. The van der Waals surface area contributed by atoms with Gasteiger partial charge in [0.2, 0.25) is 0 Å². The van der Waals surface area contributed by atoms with E-state index in [9.17, 15) is 0 Å². The molecule has 6 nitrogen and oxygen atoms in total. The molecule has 0 spiro atoms. The summed E-state index contributed by atoms with van der Waals surface area (Å²) in [6.45, 7) is 6.76. The SMILES string of the molecule is CC(C)(C)c1cc(-c2ccccc2)c(N2c3cc(-n4c5ccccc5c5ccccc54)ccc3B3c4ccc(N(c5ccccc5)c5ccc(-n6c7ccccc7c7ccccc76)cc5)cc4N(c4cc(-c5ccccc5)cc(-c5ccccc5)c4)c4cc(-n5c6ccccc6c6ccccc65)cc2c43)c(-c2ccccc2)c1. The fraction of sp³-hybridized carbons (Fsp3) is 0.0377. The summed E-state index contributed by atoms with van der Waals surface area (Å²) >= 11 is 0. The Hall–Kier alpha value is -14.4. The maximum Gasteiger partial charge on any atom is 0.252 e. The summed E-state index contributed by atoms with van der Waals surface area (Å²) in [5, 5.41) is 7.29. The van der Waals surface area contributed by atoms with E-state index >= 15 is 0 Å². The highest BCUT2D eigenvalue weighted by molar-refractivity contribution is 7.00. The molecule has 5 heterocycles. The molecule has 113 heavy (non-hydrogen) atoms. The van der Waals surface area contributed by atoms with Gasteiger partial charge in [0, 0.05) is 100 Å². The van der Waals surface area contributed by atoms with Gasteiger partial charge in [0.1, 0.15) is 0 Å². The summed E-state index contributed by atoms with van der Waals surface area (Å²) < 4.78 is 7.45. The number of anilines is 9. The first-order chi connectivity index (χ1) is 55.7. The Bertz CT molecular complexity index is 6880. The van der Waals surface area contributed by atoms with Crippen LogP contribution in [0.5, 0.6) is 0 Å². The lowest BCUT2D eigenvalue weighted by Gasteiger charge is -2.46. The van der Waals surface area contributed by atoms with Crippen LogP contribution in [0.1, 0.15) is 26.3 Å². The third-order valence-corrected chi connectivity index (χ3v) is 23.7. The molecule has 0 unspecified atom stereocenters. The molecule has 20 aromatic rings. The van der Waals surface area contributed by atoms with E-state index in [1.54, 1.807) is 0 Å². The predicted octanol–water partition coefficient (Wildman–Crippen LogP) is 26.5. The molecule has 0 fully saturated rings. The van der Waals surface area contributed by atoms with Crippen LogP contribution >= 0.6 is 0 Å². The van der Waals surface area contributed by atoms with Gasteiger partial charge >= 0.3 is 0 Å². The maximum absolute atomic E-state index is 2.71.